The van der Waals surface area contributed by atoms with Gasteiger partial charge < -0.3 is 19.9 Å². The third kappa shape index (κ3) is 6.42. The molecule has 7 heteroatoms. The highest BCUT2D eigenvalue weighted by atomic mass is 16.6. The predicted molar refractivity (Wildman–Crippen MR) is 74.1 cm³/mol. The number of esters is 2. The van der Waals surface area contributed by atoms with Crippen LogP contribution in [0.4, 0.5) is 5.69 Å². The molecule has 0 amide bonds. The summed E-state index contributed by atoms with van der Waals surface area (Å²) in [6.07, 6.45) is -0.620. The Kier molecular flexibility index (Phi) is 6.19. The normalized spacial score (nSPS) is 11.3. The zero-order valence-electron chi connectivity index (χ0n) is 11.8. The molecule has 0 aliphatic heterocycles. The number of ether oxygens (including phenoxy) is 2. The van der Waals surface area contributed by atoms with Crippen LogP contribution in [0, 0.1) is 0 Å². The molecule has 2 N–H and O–H groups in total. The minimum absolute atomic E-state index is 0.0465. The molecule has 0 saturated carbocycles. The van der Waals surface area contributed by atoms with Crippen molar-refractivity contribution in [3.63, 3.8) is 0 Å². The fourth-order valence-corrected chi connectivity index (χ4v) is 1.54. The van der Waals surface area contributed by atoms with E-state index in [1.807, 2.05) is 0 Å². The van der Waals surface area contributed by atoms with Crippen molar-refractivity contribution >= 4 is 23.6 Å². The van der Waals surface area contributed by atoms with Crippen molar-refractivity contribution < 1.29 is 29.0 Å². The number of benzene rings is 1. The molecule has 1 aromatic rings. The van der Waals surface area contributed by atoms with Crippen molar-refractivity contribution in [3.8, 4) is 0 Å². The van der Waals surface area contributed by atoms with Crippen LogP contribution in [0.25, 0.3) is 0 Å². The monoisotopic (exact) mass is 295 g/mol. The quantitative estimate of drug-likeness (QED) is 0.731. The van der Waals surface area contributed by atoms with E-state index in [2.05, 4.69) is 5.32 Å². The lowest BCUT2D eigenvalue weighted by Crippen LogP contribution is -2.30. The number of anilines is 1. The first-order valence-corrected chi connectivity index (χ1v) is 6.26. The minimum Gasteiger partial charge on any atom is -0.478 e. The van der Waals surface area contributed by atoms with Crippen LogP contribution in [0.5, 0.6) is 0 Å². The highest BCUT2D eigenvalue weighted by Crippen LogP contribution is 2.10. The van der Waals surface area contributed by atoms with Crippen molar-refractivity contribution in [2.45, 2.75) is 20.0 Å². The number of aromatic carboxylic acids is 1. The second-order valence-electron chi connectivity index (χ2n) is 4.30. The summed E-state index contributed by atoms with van der Waals surface area (Å²) in [7, 11) is 0. The van der Waals surface area contributed by atoms with Crippen LogP contribution >= 0.6 is 0 Å². The van der Waals surface area contributed by atoms with Gasteiger partial charge in [0.15, 0.2) is 6.10 Å². The van der Waals surface area contributed by atoms with Gasteiger partial charge >= 0.3 is 17.9 Å². The van der Waals surface area contributed by atoms with Crippen molar-refractivity contribution in [1.29, 1.82) is 0 Å². The molecule has 1 unspecified atom stereocenters. The molecule has 0 saturated heterocycles. The van der Waals surface area contributed by atoms with Crippen LogP contribution < -0.4 is 5.32 Å². The lowest BCUT2D eigenvalue weighted by Gasteiger charge is -2.18. The highest BCUT2D eigenvalue weighted by Gasteiger charge is 2.14. The molecule has 0 heterocycles. The van der Waals surface area contributed by atoms with E-state index in [0.29, 0.717) is 5.69 Å². The van der Waals surface area contributed by atoms with Crippen LogP contribution in [0.15, 0.2) is 24.3 Å². The van der Waals surface area contributed by atoms with Gasteiger partial charge in [-0.15, -0.1) is 0 Å². The molecule has 0 spiro atoms. The molecule has 1 aromatic carbocycles. The Balaban J connectivity index is 2.56. The number of carbonyl (C=O) groups is 3. The van der Waals surface area contributed by atoms with Crippen LogP contribution in [-0.2, 0) is 19.1 Å². The molecule has 114 valence electrons. The molecule has 0 fully saturated rings. The van der Waals surface area contributed by atoms with Gasteiger partial charge in [-0.1, -0.05) is 0 Å². The predicted octanol–water partition coefficient (Wildman–Crippen LogP) is 1.29. The van der Waals surface area contributed by atoms with Crippen molar-refractivity contribution in [2.24, 2.45) is 0 Å². The summed E-state index contributed by atoms with van der Waals surface area (Å²) in [5.74, 6) is -1.94. The van der Waals surface area contributed by atoms with Crippen LogP contribution in [0.2, 0.25) is 0 Å². The molecule has 0 aliphatic rings. The molecular weight excluding hydrogens is 278 g/mol. The van der Waals surface area contributed by atoms with E-state index in [-0.39, 0.29) is 18.7 Å². The first kappa shape index (κ1) is 16.5. The maximum atomic E-state index is 11.0. The fraction of sp³-hybridized carbons (Fsp3) is 0.357. The summed E-state index contributed by atoms with van der Waals surface area (Å²) in [5, 5.41) is 11.8. The van der Waals surface area contributed by atoms with Gasteiger partial charge in [-0.2, -0.15) is 0 Å². The van der Waals surface area contributed by atoms with Gasteiger partial charge in [-0.05, 0) is 24.3 Å². The Morgan fingerprint density at radius 1 is 1.14 bits per heavy atom. The summed E-state index contributed by atoms with van der Waals surface area (Å²) < 4.78 is 9.82. The fourth-order valence-electron chi connectivity index (χ4n) is 1.54. The van der Waals surface area contributed by atoms with Crippen LogP contribution in [0.3, 0.4) is 0 Å². The molecule has 0 aliphatic carbocycles. The number of rotatable bonds is 7. The van der Waals surface area contributed by atoms with Gasteiger partial charge in [0.2, 0.25) is 0 Å². The van der Waals surface area contributed by atoms with E-state index >= 15 is 0 Å². The lowest BCUT2D eigenvalue weighted by molar-refractivity contribution is -0.155. The summed E-state index contributed by atoms with van der Waals surface area (Å²) in [4.78, 5) is 32.5. The third-order valence-electron chi connectivity index (χ3n) is 2.47. The van der Waals surface area contributed by atoms with E-state index in [9.17, 15) is 14.4 Å². The second kappa shape index (κ2) is 7.88. The minimum atomic E-state index is -1.01. The first-order chi connectivity index (χ1) is 9.88. The van der Waals surface area contributed by atoms with E-state index < -0.39 is 24.0 Å². The number of carboxylic acid groups (broad SMARTS) is 1. The summed E-state index contributed by atoms with van der Waals surface area (Å²) in [5.41, 5.74) is 0.844. The molecule has 7 nitrogen and oxygen atoms in total. The maximum Gasteiger partial charge on any atom is 0.335 e. The first-order valence-electron chi connectivity index (χ1n) is 6.26. The van der Waals surface area contributed by atoms with Gasteiger partial charge in [0.25, 0.3) is 0 Å². The number of carboxylic acids is 1. The SMILES string of the molecule is CC(=O)OCC(CNc1ccc(C(=O)O)cc1)OC(C)=O. The standard InChI is InChI=1S/C14H17NO6/c1-9(16)20-8-13(21-10(2)17)7-15-12-5-3-11(4-6-12)14(18)19/h3-6,13,15H,7-8H2,1-2H3,(H,18,19). The maximum absolute atomic E-state index is 11.0. The summed E-state index contributed by atoms with van der Waals surface area (Å²) in [6, 6.07) is 6.11. The zero-order valence-corrected chi connectivity index (χ0v) is 11.8. The van der Waals surface area contributed by atoms with E-state index in [0.717, 1.165) is 0 Å². The van der Waals surface area contributed by atoms with Crippen molar-refractivity contribution in [1.82, 2.24) is 0 Å². The van der Waals surface area contributed by atoms with Gasteiger partial charge in [0.05, 0.1) is 12.1 Å². The summed E-state index contributed by atoms with van der Waals surface area (Å²) in [6.45, 7) is 2.72. The lowest BCUT2D eigenvalue weighted by atomic mass is 10.2. The molecule has 0 aromatic heterocycles. The largest absolute Gasteiger partial charge is 0.478 e. The number of carbonyl (C=O) groups excluding carboxylic acids is 2. The Morgan fingerprint density at radius 3 is 2.24 bits per heavy atom. The molecule has 1 rings (SSSR count). The van der Waals surface area contributed by atoms with Crippen LogP contribution in [0.1, 0.15) is 24.2 Å². The molecule has 21 heavy (non-hydrogen) atoms. The van der Waals surface area contributed by atoms with Gasteiger partial charge in [-0.3, -0.25) is 9.59 Å². The average molecular weight is 295 g/mol. The third-order valence-corrected chi connectivity index (χ3v) is 2.47. The highest BCUT2D eigenvalue weighted by molar-refractivity contribution is 5.88. The molecule has 1 atom stereocenters. The van der Waals surface area contributed by atoms with Crippen molar-refractivity contribution in [3.05, 3.63) is 29.8 Å². The average Bonchev–Trinajstić information content (AvgIpc) is 2.41. The van der Waals surface area contributed by atoms with Crippen molar-refractivity contribution in [2.75, 3.05) is 18.5 Å². The van der Waals surface area contributed by atoms with Gasteiger partial charge in [0.1, 0.15) is 6.61 Å². The van der Waals surface area contributed by atoms with E-state index in [1.54, 1.807) is 12.1 Å². The smallest absolute Gasteiger partial charge is 0.335 e. The Hall–Kier alpha value is -2.57. The number of nitrogens with one attached hydrogen (secondary N) is 1. The number of hydrogen-bond donors (Lipinski definition) is 2. The van der Waals surface area contributed by atoms with Crippen LogP contribution in [-0.4, -0.2) is 42.3 Å². The zero-order chi connectivity index (χ0) is 15.8. The summed E-state index contributed by atoms with van der Waals surface area (Å²) >= 11 is 0. The molecular formula is C14H17NO6. The Morgan fingerprint density at radius 2 is 1.76 bits per heavy atom. The van der Waals surface area contributed by atoms with Gasteiger partial charge in [0, 0.05) is 19.5 Å². The number of hydrogen-bond acceptors (Lipinski definition) is 6. The topological polar surface area (TPSA) is 102 Å². The molecule has 0 bridgehead atoms. The Labute approximate surface area is 121 Å². The van der Waals surface area contributed by atoms with E-state index in [4.69, 9.17) is 14.6 Å². The Bertz CT molecular complexity index is 511. The van der Waals surface area contributed by atoms with Gasteiger partial charge in [-0.25, -0.2) is 4.79 Å². The van der Waals surface area contributed by atoms with E-state index in [1.165, 1.54) is 26.0 Å². The molecule has 0 radical (unpaired) electrons. The second-order valence-corrected chi connectivity index (χ2v) is 4.30.